The molecule has 0 saturated heterocycles. The summed E-state index contributed by atoms with van der Waals surface area (Å²) in [7, 11) is 0. The van der Waals surface area contributed by atoms with E-state index in [1.165, 1.54) is 6.42 Å². The molecular formula is C23H28N2O3. The molecule has 5 heteroatoms. The van der Waals surface area contributed by atoms with Crippen molar-refractivity contribution in [3.8, 4) is 0 Å². The normalized spacial score (nSPS) is 19.1. The van der Waals surface area contributed by atoms with E-state index in [0.29, 0.717) is 17.2 Å². The number of para-hydroxylation sites is 1. The van der Waals surface area contributed by atoms with Crippen molar-refractivity contribution in [2.45, 2.75) is 45.6 Å². The van der Waals surface area contributed by atoms with Crippen LogP contribution in [0.15, 0.2) is 48.5 Å². The molecule has 2 atom stereocenters. The van der Waals surface area contributed by atoms with E-state index >= 15 is 0 Å². The van der Waals surface area contributed by atoms with Crippen LogP contribution in [0, 0.1) is 12.8 Å². The lowest BCUT2D eigenvalue weighted by molar-refractivity contribution is -0.124. The Kier molecular flexibility index (Phi) is 6.82. The van der Waals surface area contributed by atoms with Gasteiger partial charge in [0.05, 0.1) is 17.4 Å². The summed E-state index contributed by atoms with van der Waals surface area (Å²) in [6, 6.07) is 14.6. The third kappa shape index (κ3) is 5.42. The molecule has 2 amide bonds. The first-order valence-corrected chi connectivity index (χ1v) is 9.91. The van der Waals surface area contributed by atoms with Crippen molar-refractivity contribution < 1.29 is 14.3 Å². The zero-order valence-corrected chi connectivity index (χ0v) is 16.5. The number of hydrogen-bond acceptors (Lipinski definition) is 3. The van der Waals surface area contributed by atoms with Gasteiger partial charge in [-0.1, -0.05) is 44.0 Å². The maximum Gasteiger partial charge on any atom is 0.257 e. The summed E-state index contributed by atoms with van der Waals surface area (Å²) in [5.41, 5.74) is 2.69. The van der Waals surface area contributed by atoms with E-state index in [9.17, 15) is 9.59 Å². The zero-order valence-electron chi connectivity index (χ0n) is 16.5. The molecule has 148 valence electrons. The van der Waals surface area contributed by atoms with E-state index in [1.54, 1.807) is 24.3 Å². The van der Waals surface area contributed by atoms with E-state index < -0.39 is 0 Å². The average Bonchev–Trinajstić information content (AvgIpc) is 2.68. The summed E-state index contributed by atoms with van der Waals surface area (Å²) in [6.45, 7) is 4.15. The van der Waals surface area contributed by atoms with Crippen molar-refractivity contribution >= 4 is 23.2 Å². The summed E-state index contributed by atoms with van der Waals surface area (Å²) in [6.07, 6.45) is 4.67. The van der Waals surface area contributed by atoms with Crippen LogP contribution in [0.4, 0.5) is 11.4 Å². The van der Waals surface area contributed by atoms with Crippen LogP contribution in [-0.4, -0.2) is 24.5 Å². The molecule has 2 N–H and O–H groups in total. The highest BCUT2D eigenvalue weighted by atomic mass is 16.5. The second-order valence-corrected chi connectivity index (χ2v) is 7.53. The Balaban J connectivity index is 1.61. The van der Waals surface area contributed by atoms with Crippen LogP contribution in [0.3, 0.4) is 0 Å². The van der Waals surface area contributed by atoms with Gasteiger partial charge in [0.15, 0.2) is 0 Å². The van der Waals surface area contributed by atoms with Crippen molar-refractivity contribution in [1.29, 1.82) is 0 Å². The predicted molar refractivity (Wildman–Crippen MR) is 112 cm³/mol. The maximum atomic E-state index is 12.7. The summed E-state index contributed by atoms with van der Waals surface area (Å²) in [5.74, 6) is -0.0224. The highest BCUT2D eigenvalue weighted by Gasteiger charge is 2.23. The number of benzene rings is 2. The van der Waals surface area contributed by atoms with Gasteiger partial charge in [-0.3, -0.25) is 9.59 Å². The summed E-state index contributed by atoms with van der Waals surface area (Å²) < 4.78 is 5.83. The number of anilines is 2. The first-order chi connectivity index (χ1) is 13.5. The van der Waals surface area contributed by atoms with Crippen LogP contribution < -0.4 is 10.6 Å². The molecule has 2 unspecified atom stereocenters. The monoisotopic (exact) mass is 380 g/mol. The van der Waals surface area contributed by atoms with Crippen LogP contribution in [0.2, 0.25) is 0 Å². The van der Waals surface area contributed by atoms with E-state index in [1.807, 2.05) is 31.2 Å². The van der Waals surface area contributed by atoms with Gasteiger partial charge in [0.2, 0.25) is 5.91 Å². The molecule has 28 heavy (non-hydrogen) atoms. The molecule has 0 heterocycles. The lowest BCUT2D eigenvalue weighted by Crippen LogP contribution is -2.30. The minimum atomic E-state index is -0.261. The largest absolute Gasteiger partial charge is 0.368 e. The van der Waals surface area contributed by atoms with E-state index in [0.717, 1.165) is 30.5 Å². The summed E-state index contributed by atoms with van der Waals surface area (Å²) in [4.78, 5) is 25.1. The Morgan fingerprint density at radius 2 is 1.82 bits per heavy atom. The van der Waals surface area contributed by atoms with Gasteiger partial charge < -0.3 is 15.4 Å². The lowest BCUT2D eigenvalue weighted by atomic mass is 9.88. The topological polar surface area (TPSA) is 67.4 Å². The molecule has 0 aliphatic heterocycles. The summed E-state index contributed by atoms with van der Waals surface area (Å²) in [5, 5.41) is 5.70. The van der Waals surface area contributed by atoms with Crippen molar-refractivity contribution in [2.75, 3.05) is 17.2 Å². The maximum absolute atomic E-state index is 12.7. The van der Waals surface area contributed by atoms with Gasteiger partial charge in [0.1, 0.15) is 6.61 Å². The fourth-order valence-corrected chi connectivity index (χ4v) is 3.61. The molecule has 1 saturated carbocycles. The lowest BCUT2D eigenvalue weighted by Gasteiger charge is -2.28. The predicted octanol–water partition coefficient (Wildman–Crippen LogP) is 4.78. The van der Waals surface area contributed by atoms with Crippen LogP contribution in [0.5, 0.6) is 0 Å². The van der Waals surface area contributed by atoms with Gasteiger partial charge in [0, 0.05) is 5.69 Å². The Labute approximate surface area is 166 Å². The van der Waals surface area contributed by atoms with Crippen LogP contribution >= 0.6 is 0 Å². The van der Waals surface area contributed by atoms with Crippen molar-refractivity contribution in [3.63, 3.8) is 0 Å². The number of hydrogen-bond donors (Lipinski definition) is 2. The van der Waals surface area contributed by atoms with Gasteiger partial charge in [0.25, 0.3) is 5.91 Å². The molecule has 3 rings (SSSR count). The fourth-order valence-electron chi connectivity index (χ4n) is 3.61. The third-order valence-electron chi connectivity index (χ3n) is 5.18. The van der Waals surface area contributed by atoms with Crippen LogP contribution in [0.25, 0.3) is 0 Å². The van der Waals surface area contributed by atoms with Gasteiger partial charge in [-0.15, -0.1) is 0 Å². The molecule has 2 aromatic carbocycles. The minimum Gasteiger partial charge on any atom is -0.368 e. The first-order valence-electron chi connectivity index (χ1n) is 9.91. The number of carbonyl (C=O) groups excluding carboxylic acids is 2. The Morgan fingerprint density at radius 1 is 1.04 bits per heavy atom. The second kappa shape index (κ2) is 9.51. The molecule has 5 nitrogen and oxygen atoms in total. The minimum absolute atomic E-state index is 0.00282. The van der Waals surface area contributed by atoms with Gasteiger partial charge in [-0.05, 0) is 55.5 Å². The first kappa shape index (κ1) is 20.1. The molecule has 0 spiro atoms. The Hall–Kier alpha value is -2.66. The molecule has 0 radical (unpaired) electrons. The number of nitrogens with one attached hydrogen (secondary N) is 2. The molecule has 1 aliphatic carbocycles. The third-order valence-corrected chi connectivity index (χ3v) is 5.18. The SMILES string of the molecule is Cc1cccc(NC(=O)c2ccccc2NC(=O)COC2CCCCC2C)c1. The molecule has 2 aromatic rings. The molecular weight excluding hydrogens is 352 g/mol. The standard InChI is InChI=1S/C23H28N2O3/c1-16-8-7-10-18(14-16)24-23(27)19-11-4-5-12-20(19)25-22(26)15-28-21-13-6-3-9-17(21)2/h4-5,7-8,10-12,14,17,21H,3,6,9,13,15H2,1-2H3,(H,24,27)(H,25,26). The highest BCUT2D eigenvalue weighted by molar-refractivity contribution is 6.10. The number of ether oxygens (including phenoxy) is 1. The van der Waals surface area contributed by atoms with E-state index in [-0.39, 0.29) is 24.5 Å². The fraction of sp³-hybridized carbons (Fsp3) is 0.391. The Bertz CT molecular complexity index is 834. The average molecular weight is 380 g/mol. The van der Waals surface area contributed by atoms with Crippen molar-refractivity contribution in [1.82, 2.24) is 0 Å². The van der Waals surface area contributed by atoms with E-state index in [2.05, 4.69) is 17.6 Å². The van der Waals surface area contributed by atoms with Crippen LogP contribution in [-0.2, 0) is 9.53 Å². The summed E-state index contributed by atoms with van der Waals surface area (Å²) >= 11 is 0. The van der Waals surface area contributed by atoms with Gasteiger partial charge >= 0.3 is 0 Å². The van der Waals surface area contributed by atoms with Gasteiger partial charge in [-0.25, -0.2) is 0 Å². The number of aryl methyl sites for hydroxylation is 1. The van der Waals surface area contributed by atoms with Crippen LogP contribution in [0.1, 0.15) is 48.5 Å². The number of rotatable bonds is 6. The molecule has 0 bridgehead atoms. The Morgan fingerprint density at radius 3 is 2.61 bits per heavy atom. The molecule has 1 fully saturated rings. The number of amides is 2. The quantitative estimate of drug-likeness (QED) is 0.758. The van der Waals surface area contributed by atoms with Gasteiger partial charge in [-0.2, -0.15) is 0 Å². The van der Waals surface area contributed by atoms with E-state index in [4.69, 9.17) is 4.74 Å². The zero-order chi connectivity index (χ0) is 19.9. The van der Waals surface area contributed by atoms with Crippen molar-refractivity contribution in [2.24, 2.45) is 5.92 Å². The highest BCUT2D eigenvalue weighted by Crippen LogP contribution is 2.26. The van der Waals surface area contributed by atoms with Crippen molar-refractivity contribution in [3.05, 3.63) is 59.7 Å². The second-order valence-electron chi connectivity index (χ2n) is 7.53. The molecule has 1 aliphatic rings. The molecule has 0 aromatic heterocycles. The smallest absolute Gasteiger partial charge is 0.257 e. The number of carbonyl (C=O) groups is 2.